The number of hydrogen-bond donors (Lipinski definition) is 3. The Morgan fingerprint density at radius 3 is 2.17 bits per heavy atom. The summed E-state index contributed by atoms with van der Waals surface area (Å²) >= 11 is 7.26. The van der Waals surface area contributed by atoms with Gasteiger partial charge in [0.25, 0.3) is 5.91 Å². The van der Waals surface area contributed by atoms with Crippen molar-refractivity contribution in [1.29, 1.82) is 0 Å². The highest BCUT2D eigenvalue weighted by atomic mass is 35.5. The molecule has 1 amide bonds. The first kappa shape index (κ1) is 25.8. The number of carbonyl (C=O) groups is 2. The van der Waals surface area contributed by atoms with Crippen molar-refractivity contribution in [3.63, 3.8) is 0 Å². The lowest BCUT2D eigenvalue weighted by molar-refractivity contribution is -0.140. The molecule has 4 aromatic rings. The summed E-state index contributed by atoms with van der Waals surface area (Å²) in [6.07, 6.45) is 0. The molecule has 0 bridgehead atoms. The molecule has 0 aliphatic heterocycles. The van der Waals surface area contributed by atoms with Gasteiger partial charge < -0.3 is 10.4 Å². The van der Waals surface area contributed by atoms with Crippen LogP contribution >= 0.6 is 22.9 Å². The molecule has 0 radical (unpaired) electrons. The third-order valence-corrected chi connectivity index (χ3v) is 8.13. The van der Waals surface area contributed by atoms with E-state index in [4.69, 9.17) is 11.6 Å². The van der Waals surface area contributed by atoms with E-state index in [-0.39, 0.29) is 10.8 Å². The zero-order valence-corrected chi connectivity index (χ0v) is 21.6. The molecule has 0 aliphatic rings. The molecule has 1 unspecified atom stereocenters. The number of carbonyl (C=O) groups excluding carboxylic acids is 1. The van der Waals surface area contributed by atoms with Crippen LogP contribution in [0.15, 0.2) is 71.6 Å². The molecule has 4 rings (SSSR count). The number of amides is 1. The Balaban J connectivity index is 1.45. The van der Waals surface area contributed by atoms with E-state index in [0.29, 0.717) is 21.2 Å². The van der Waals surface area contributed by atoms with E-state index in [1.165, 1.54) is 23.5 Å². The lowest BCUT2D eigenvalue weighted by Crippen LogP contribution is -2.44. The number of carboxylic acid groups (broad SMARTS) is 1. The van der Waals surface area contributed by atoms with E-state index >= 15 is 0 Å². The zero-order valence-electron chi connectivity index (χ0n) is 19.2. The molecule has 3 N–H and O–H groups in total. The van der Waals surface area contributed by atoms with Gasteiger partial charge in [-0.05, 0) is 59.5 Å². The number of fused-ring (bicyclic) bond motifs is 1. The number of aromatic nitrogens is 1. The highest BCUT2D eigenvalue weighted by Gasteiger charge is 2.28. The van der Waals surface area contributed by atoms with Gasteiger partial charge in [-0.2, -0.15) is 4.72 Å². The van der Waals surface area contributed by atoms with E-state index in [9.17, 15) is 23.1 Å². The van der Waals surface area contributed by atoms with Gasteiger partial charge in [-0.15, -0.1) is 11.3 Å². The smallest absolute Gasteiger partial charge is 0.322 e. The molecule has 1 heterocycles. The molecule has 0 saturated carbocycles. The van der Waals surface area contributed by atoms with Gasteiger partial charge in [0, 0.05) is 10.7 Å². The van der Waals surface area contributed by atoms with Gasteiger partial charge in [0.05, 0.1) is 15.1 Å². The molecule has 1 atom stereocenters. The Labute approximate surface area is 217 Å². The Kier molecular flexibility index (Phi) is 7.41. The summed E-state index contributed by atoms with van der Waals surface area (Å²) in [7, 11) is -4.00. The summed E-state index contributed by atoms with van der Waals surface area (Å²) in [5.74, 6) is -1.98. The Morgan fingerprint density at radius 1 is 0.972 bits per heavy atom. The van der Waals surface area contributed by atoms with Crippen LogP contribution in [0.1, 0.15) is 23.6 Å². The molecule has 0 saturated heterocycles. The summed E-state index contributed by atoms with van der Waals surface area (Å²) in [5.41, 5.74) is 2.81. The molecule has 8 nitrogen and oxygen atoms in total. The first-order valence-corrected chi connectivity index (χ1v) is 13.5. The van der Waals surface area contributed by atoms with Crippen molar-refractivity contribution in [2.75, 3.05) is 5.32 Å². The molecule has 11 heteroatoms. The average molecular weight is 544 g/mol. The second-order valence-corrected chi connectivity index (χ2v) is 11.5. The maximum atomic E-state index is 12.6. The Hall–Kier alpha value is -3.31. The van der Waals surface area contributed by atoms with E-state index in [0.717, 1.165) is 15.8 Å². The number of anilines is 1. The van der Waals surface area contributed by atoms with Crippen LogP contribution in [0.4, 0.5) is 5.69 Å². The molecular weight excluding hydrogens is 522 g/mol. The van der Waals surface area contributed by atoms with Crippen molar-refractivity contribution in [3.05, 3.63) is 76.8 Å². The SMILES string of the molecule is CC(C)C(NS(=O)(=O)c1ccc(-c2ccc(NC(=O)c3nc4cc(Cl)ccc4s3)cc2)cc1)C(=O)O. The minimum atomic E-state index is -4.00. The van der Waals surface area contributed by atoms with Crippen LogP contribution in [-0.4, -0.2) is 36.4 Å². The van der Waals surface area contributed by atoms with Gasteiger partial charge in [0.15, 0.2) is 5.01 Å². The van der Waals surface area contributed by atoms with Gasteiger partial charge in [-0.1, -0.05) is 49.7 Å². The lowest BCUT2D eigenvalue weighted by atomic mass is 10.1. The maximum Gasteiger partial charge on any atom is 0.322 e. The predicted molar refractivity (Wildman–Crippen MR) is 141 cm³/mol. The number of carboxylic acids is 1. The monoisotopic (exact) mass is 543 g/mol. The van der Waals surface area contributed by atoms with Crippen molar-refractivity contribution in [1.82, 2.24) is 9.71 Å². The summed E-state index contributed by atoms with van der Waals surface area (Å²) in [4.78, 5) is 28.3. The number of nitrogens with zero attached hydrogens (tertiary/aromatic N) is 1. The van der Waals surface area contributed by atoms with E-state index < -0.39 is 28.0 Å². The number of nitrogens with one attached hydrogen (secondary N) is 2. The van der Waals surface area contributed by atoms with E-state index in [1.807, 2.05) is 6.07 Å². The normalized spacial score (nSPS) is 12.6. The summed E-state index contributed by atoms with van der Waals surface area (Å²) in [6.45, 7) is 3.26. The highest BCUT2D eigenvalue weighted by molar-refractivity contribution is 7.89. The average Bonchev–Trinajstić information content (AvgIpc) is 3.26. The Bertz CT molecular complexity index is 1530. The van der Waals surface area contributed by atoms with Crippen molar-refractivity contribution < 1.29 is 23.1 Å². The van der Waals surface area contributed by atoms with Crippen molar-refractivity contribution in [3.8, 4) is 11.1 Å². The fourth-order valence-electron chi connectivity index (χ4n) is 3.46. The second-order valence-electron chi connectivity index (χ2n) is 8.37. The molecule has 1 aromatic heterocycles. The van der Waals surface area contributed by atoms with Gasteiger partial charge in [-0.3, -0.25) is 9.59 Å². The summed E-state index contributed by atoms with van der Waals surface area (Å²) < 4.78 is 28.3. The summed E-state index contributed by atoms with van der Waals surface area (Å²) in [6, 6.07) is 17.3. The largest absolute Gasteiger partial charge is 0.480 e. The van der Waals surface area contributed by atoms with Gasteiger partial charge in [-0.25, -0.2) is 13.4 Å². The van der Waals surface area contributed by atoms with Gasteiger partial charge >= 0.3 is 5.97 Å². The number of thiazole rings is 1. The number of aliphatic carboxylic acids is 1. The number of halogens is 1. The number of benzene rings is 3. The fourth-order valence-corrected chi connectivity index (χ4v) is 5.81. The molecule has 0 aliphatic carbocycles. The quantitative estimate of drug-likeness (QED) is 0.278. The first-order valence-electron chi connectivity index (χ1n) is 10.9. The third kappa shape index (κ3) is 5.73. The summed E-state index contributed by atoms with van der Waals surface area (Å²) in [5, 5.41) is 13.0. The van der Waals surface area contributed by atoms with Gasteiger partial charge in [0.1, 0.15) is 6.04 Å². The standard InChI is InChI=1S/C25H22ClN3O5S2/c1-14(2)22(25(31)32)29-36(33,34)19-10-5-16(6-11-19)15-3-8-18(9-4-15)27-23(30)24-28-20-13-17(26)7-12-21(20)35-24/h3-14,22,29H,1-2H3,(H,27,30)(H,31,32). The topological polar surface area (TPSA) is 125 Å². The number of sulfonamides is 1. The van der Waals surface area contributed by atoms with Crippen molar-refractivity contribution in [2.45, 2.75) is 24.8 Å². The van der Waals surface area contributed by atoms with Crippen LogP contribution in [0.5, 0.6) is 0 Å². The van der Waals surface area contributed by atoms with Crippen LogP contribution in [0.2, 0.25) is 5.02 Å². The molecule has 186 valence electrons. The molecule has 36 heavy (non-hydrogen) atoms. The van der Waals surface area contributed by atoms with Crippen LogP contribution in [0.25, 0.3) is 21.3 Å². The van der Waals surface area contributed by atoms with Crippen molar-refractivity contribution in [2.24, 2.45) is 5.92 Å². The highest BCUT2D eigenvalue weighted by Crippen LogP contribution is 2.27. The molecule has 0 fully saturated rings. The third-order valence-electron chi connectivity index (χ3n) is 5.40. The molecular formula is C25H22ClN3O5S2. The minimum absolute atomic E-state index is 0.0286. The Morgan fingerprint density at radius 2 is 1.58 bits per heavy atom. The molecule has 0 spiro atoms. The van der Waals surface area contributed by atoms with Crippen LogP contribution in [0, 0.1) is 5.92 Å². The van der Waals surface area contributed by atoms with Gasteiger partial charge in [0.2, 0.25) is 10.0 Å². The number of hydrogen-bond acceptors (Lipinski definition) is 6. The fraction of sp³-hybridized carbons (Fsp3) is 0.160. The van der Waals surface area contributed by atoms with Crippen LogP contribution < -0.4 is 10.0 Å². The van der Waals surface area contributed by atoms with Crippen LogP contribution in [0.3, 0.4) is 0 Å². The van der Waals surface area contributed by atoms with Crippen molar-refractivity contribution >= 4 is 60.7 Å². The van der Waals surface area contributed by atoms with E-state index in [2.05, 4.69) is 15.0 Å². The first-order chi connectivity index (χ1) is 17.0. The zero-order chi connectivity index (χ0) is 26.0. The van der Waals surface area contributed by atoms with E-state index in [1.54, 1.807) is 62.4 Å². The maximum absolute atomic E-state index is 12.6. The van der Waals surface area contributed by atoms with Crippen LogP contribution in [-0.2, 0) is 14.8 Å². The second kappa shape index (κ2) is 10.4. The lowest BCUT2D eigenvalue weighted by Gasteiger charge is -2.18. The minimum Gasteiger partial charge on any atom is -0.480 e. The predicted octanol–water partition coefficient (Wildman–Crippen LogP) is 5.26. The number of rotatable bonds is 8. The molecule has 3 aromatic carbocycles.